The Bertz CT molecular complexity index is 296. The fourth-order valence-electron chi connectivity index (χ4n) is 5.30. The van der Waals surface area contributed by atoms with E-state index < -0.39 is 0 Å². The smallest absolute Gasteiger partial charge is 0.0240 e. The van der Waals surface area contributed by atoms with Gasteiger partial charge in [0.1, 0.15) is 0 Å². The Morgan fingerprint density at radius 3 is 2.62 bits per heavy atom. The summed E-state index contributed by atoms with van der Waals surface area (Å²) in [5.41, 5.74) is 7.37. The molecule has 16 heavy (non-hydrogen) atoms. The Morgan fingerprint density at radius 2 is 1.94 bits per heavy atom. The van der Waals surface area contributed by atoms with E-state index in [1.165, 1.54) is 38.5 Å². The summed E-state index contributed by atoms with van der Waals surface area (Å²) in [6.07, 6.45) is 8.46. The van der Waals surface area contributed by atoms with E-state index in [1.807, 2.05) is 0 Å². The molecule has 2 N–H and O–H groups in total. The molecule has 1 heteroatoms. The van der Waals surface area contributed by atoms with Crippen molar-refractivity contribution in [2.75, 3.05) is 0 Å². The highest BCUT2D eigenvalue weighted by molar-refractivity contribution is 5.16. The van der Waals surface area contributed by atoms with Gasteiger partial charge in [-0.1, -0.05) is 27.2 Å². The molecule has 3 rings (SSSR count). The van der Waals surface area contributed by atoms with Crippen molar-refractivity contribution in [3.05, 3.63) is 0 Å². The summed E-state index contributed by atoms with van der Waals surface area (Å²) < 4.78 is 0. The molecule has 3 aliphatic rings. The van der Waals surface area contributed by atoms with E-state index in [1.54, 1.807) is 0 Å². The lowest BCUT2D eigenvalue weighted by Gasteiger charge is -2.50. The summed E-state index contributed by atoms with van der Waals surface area (Å²) in [6, 6.07) is 0. The van der Waals surface area contributed by atoms with Gasteiger partial charge in [-0.15, -0.1) is 0 Å². The van der Waals surface area contributed by atoms with Gasteiger partial charge in [0.25, 0.3) is 0 Å². The molecule has 0 aromatic heterocycles. The Labute approximate surface area is 100 Å². The second kappa shape index (κ2) is 3.25. The van der Waals surface area contributed by atoms with E-state index in [-0.39, 0.29) is 5.54 Å². The minimum Gasteiger partial charge on any atom is -0.324 e. The topological polar surface area (TPSA) is 26.0 Å². The minimum atomic E-state index is 0.151. The van der Waals surface area contributed by atoms with Crippen LogP contribution in [0.1, 0.15) is 59.3 Å². The summed E-state index contributed by atoms with van der Waals surface area (Å²) in [6.45, 7) is 7.11. The molecule has 3 aliphatic carbocycles. The SMILES string of the molecule is CCC(C)(C)C1(N)CC2CC1C1CCCC21. The van der Waals surface area contributed by atoms with Crippen molar-refractivity contribution in [2.45, 2.75) is 64.8 Å². The molecule has 2 bridgehead atoms. The van der Waals surface area contributed by atoms with Crippen molar-refractivity contribution in [1.29, 1.82) is 0 Å². The predicted molar refractivity (Wildman–Crippen MR) is 68.0 cm³/mol. The molecule has 5 atom stereocenters. The molecule has 0 spiro atoms. The van der Waals surface area contributed by atoms with Gasteiger partial charge in [0.2, 0.25) is 0 Å². The second-order valence-electron chi connectivity index (χ2n) is 7.34. The van der Waals surface area contributed by atoms with E-state index in [2.05, 4.69) is 20.8 Å². The Kier molecular flexibility index (Phi) is 2.25. The maximum Gasteiger partial charge on any atom is 0.0240 e. The number of hydrogen-bond donors (Lipinski definition) is 1. The summed E-state index contributed by atoms with van der Waals surface area (Å²) in [5.74, 6) is 3.89. The van der Waals surface area contributed by atoms with Crippen molar-refractivity contribution < 1.29 is 0 Å². The largest absolute Gasteiger partial charge is 0.324 e. The molecule has 0 aromatic carbocycles. The minimum absolute atomic E-state index is 0.151. The van der Waals surface area contributed by atoms with Crippen LogP contribution in [-0.4, -0.2) is 5.54 Å². The molecule has 3 fully saturated rings. The number of hydrogen-bond acceptors (Lipinski definition) is 1. The van der Waals surface area contributed by atoms with Crippen LogP contribution in [-0.2, 0) is 0 Å². The second-order valence-corrected chi connectivity index (χ2v) is 7.34. The van der Waals surface area contributed by atoms with Gasteiger partial charge in [-0.25, -0.2) is 0 Å². The van der Waals surface area contributed by atoms with Crippen LogP contribution in [0.3, 0.4) is 0 Å². The van der Waals surface area contributed by atoms with Gasteiger partial charge >= 0.3 is 0 Å². The highest BCUT2D eigenvalue weighted by atomic mass is 14.9. The summed E-state index contributed by atoms with van der Waals surface area (Å²) in [5, 5.41) is 0. The zero-order valence-corrected chi connectivity index (χ0v) is 11.1. The highest BCUT2D eigenvalue weighted by Gasteiger charge is 2.63. The van der Waals surface area contributed by atoms with Crippen molar-refractivity contribution in [2.24, 2.45) is 34.8 Å². The molecule has 0 aromatic rings. The average Bonchev–Trinajstić information content (AvgIpc) is 2.86. The van der Waals surface area contributed by atoms with E-state index in [9.17, 15) is 0 Å². The third-order valence-corrected chi connectivity index (χ3v) is 6.71. The number of nitrogens with two attached hydrogens (primary N) is 1. The standard InChI is InChI=1S/C15H27N/c1-4-14(2,3)15(16)9-10-8-13(15)12-7-5-6-11(10)12/h10-13H,4-9,16H2,1-3H3. The fourth-order valence-corrected chi connectivity index (χ4v) is 5.30. The number of fused-ring (bicyclic) bond motifs is 5. The average molecular weight is 221 g/mol. The van der Waals surface area contributed by atoms with Crippen molar-refractivity contribution in [3.8, 4) is 0 Å². The molecule has 92 valence electrons. The summed E-state index contributed by atoms with van der Waals surface area (Å²) in [7, 11) is 0. The van der Waals surface area contributed by atoms with Gasteiger partial charge in [0.05, 0.1) is 0 Å². The normalized spacial score (nSPS) is 51.0. The fraction of sp³-hybridized carbons (Fsp3) is 1.00. The van der Waals surface area contributed by atoms with Gasteiger partial charge in [-0.2, -0.15) is 0 Å². The van der Waals surface area contributed by atoms with Crippen molar-refractivity contribution in [1.82, 2.24) is 0 Å². The van der Waals surface area contributed by atoms with Crippen LogP contribution in [0.15, 0.2) is 0 Å². The maximum absolute atomic E-state index is 6.89. The maximum atomic E-state index is 6.89. The molecule has 0 aliphatic heterocycles. The first kappa shape index (κ1) is 11.1. The van der Waals surface area contributed by atoms with E-state index >= 15 is 0 Å². The lowest BCUT2D eigenvalue weighted by molar-refractivity contribution is 0.0458. The Balaban J connectivity index is 1.91. The van der Waals surface area contributed by atoms with Crippen LogP contribution in [0.5, 0.6) is 0 Å². The quantitative estimate of drug-likeness (QED) is 0.758. The van der Waals surface area contributed by atoms with Gasteiger partial charge in [0.15, 0.2) is 0 Å². The zero-order valence-electron chi connectivity index (χ0n) is 11.1. The van der Waals surface area contributed by atoms with Gasteiger partial charge < -0.3 is 5.73 Å². The zero-order chi connectivity index (χ0) is 11.6. The first-order valence-electron chi connectivity index (χ1n) is 7.28. The van der Waals surface area contributed by atoms with Crippen LogP contribution >= 0.6 is 0 Å². The van der Waals surface area contributed by atoms with Crippen LogP contribution in [0, 0.1) is 29.1 Å². The number of rotatable bonds is 2. The Hall–Kier alpha value is -0.0400. The first-order valence-corrected chi connectivity index (χ1v) is 7.28. The summed E-state index contributed by atoms with van der Waals surface area (Å²) in [4.78, 5) is 0. The van der Waals surface area contributed by atoms with Gasteiger partial charge in [-0.05, 0) is 61.2 Å². The molecule has 1 nitrogen and oxygen atoms in total. The lowest BCUT2D eigenvalue weighted by Crippen LogP contribution is -2.58. The Morgan fingerprint density at radius 1 is 1.25 bits per heavy atom. The van der Waals surface area contributed by atoms with Crippen LogP contribution in [0.2, 0.25) is 0 Å². The van der Waals surface area contributed by atoms with Crippen molar-refractivity contribution in [3.63, 3.8) is 0 Å². The van der Waals surface area contributed by atoms with Crippen LogP contribution < -0.4 is 5.73 Å². The molecule has 0 heterocycles. The summed E-state index contributed by atoms with van der Waals surface area (Å²) >= 11 is 0. The van der Waals surface area contributed by atoms with E-state index in [0.29, 0.717) is 5.41 Å². The molecule has 0 saturated heterocycles. The third-order valence-electron chi connectivity index (χ3n) is 6.71. The molecule has 0 radical (unpaired) electrons. The van der Waals surface area contributed by atoms with E-state index in [4.69, 9.17) is 5.73 Å². The van der Waals surface area contributed by atoms with Crippen LogP contribution in [0.25, 0.3) is 0 Å². The lowest BCUT2D eigenvalue weighted by atomic mass is 9.59. The molecule has 3 saturated carbocycles. The van der Waals surface area contributed by atoms with E-state index in [0.717, 1.165) is 23.7 Å². The monoisotopic (exact) mass is 221 g/mol. The predicted octanol–water partition coefficient (Wildman–Crippen LogP) is 3.58. The van der Waals surface area contributed by atoms with Crippen molar-refractivity contribution >= 4 is 0 Å². The first-order chi connectivity index (χ1) is 7.49. The highest BCUT2D eigenvalue weighted by Crippen LogP contribution is 2.65. The van der Waals surface area contributed by atoms with Crippen LogP contribution in [0.4, 0.5) is 0 Å². The molecule has 5 unspecified atom stereocenters. The third kappa shape index (κ3) is 1.16. The molecular formula is C15H27N. The molecule has 0 amide bonds. The van der Waals surface area contributed by atoms with Gasteiger partial charge in [-0.3, -0.25) is 0 Å². The van der Waals surface area contributed by atoms with Gasteiger partial charge in [0, 0.05) is 5.54 Å². The molecular weight excluding hydrogens is 194 g/mol.